The molecular formula is C10H9F2N. The molecule has 1 aromatic heterocycles. The van der Waals surface area contributed by atoms with Crippen molar-refractivity contribution in [1.29, 1.82) is 0 Å². The van der Waals surface area contributed by atoms with E-state index in [1.165, 1.54) is 24.4 Å². The molecule has 0 bridgehead atoms. The lowest BCUT2D eigenvalue weighted by Crippen LogP contribution is -1.93. The quantitative estimate of drug-likeness (QED) is 0.697. The number of alkyl halides is 2. The van der Waals surface area contributed by atoms with E-state index in [0.29, 0.717) is 5.56 Å². The second kappa shape index (κ2) is 3.94. The first-order valence-corrected chi connectivity index (χ1v) is 3.72. The minimum Gasteiger partial charge on any atom is -0.256 e. The minimum atomic E-state index is -2.53. The van der Waals surface area contributed by atoms with Crippen LogP contribution in [-0.2, 0) is 0 Å². The molecule has 13 heavy (non-hydrogen) atoms. The summed E-state index contributed by atoms with van der Waals surface area (Å²) in [7, 11) is 0. The smallest absolute Gasteiger partial charge is 0.256 e. The zero-order valence-electron chi connectivity index (χ0n) is 7.00. The van der Waals surface area contributed by atoms with Gasteiger partial charge in [0.05, 0.1) is 5.69 Å². The molecule has 0 spiro atoms. The molecule has 1 heterocycles. The van der Waals surface area contributed by atoms with Gasteiger partial charge in [0.25, 0.3) is 6.43 Å². The highest BCUT2D eigenvalue weighted by molar-refractivity contribution is 5.54. The van der Waals surface area contributed by atoms with E-state index in [2.05, 4.69) is 18.1 Å². The molecule has 3 heteroatoms. The first kappa shape index (κ1) is 9.58. The monoisotopic (exact) mass is 181 g/mol. The van der Waals surface area contributed by atoms with Gasteiger partial charge in [0, 0.05) is 11.8 Å². The summed E-state index contributed by atoms with van der Waals surface area (Å²) in [6.07, 6.45) is 1.75. The average Bonchev–Trinajstić information content (AvgIpc) is 2.16. The predicted molar refractivity (Wildman–Crippen MR) is 49.4 cm³/mol. The van der Waals surface area contributed by atoms with Crippen molar-refractivity contribution in [3.8, 4) is 0 Å². The summed E-state index contributed by atoms with van der Waals surface area (Å²) >= 11 is 0. The van der Waals surface area contributed by atoms with Crippen LogP contribution in [-0.4, -0.2) is 4.98 Å². The van der Waals surface area contributed by atoms with E-state index >= 15 is 0 Å². The van der Waals surface area contributed by atoms with Gasteiger partial charge in [-0.05, 0) is 17.7 Å². The first-order chi connectivity index (χ1) is 6.19. The molecule has 0 aliphatic heterocycles. The van der Waals surface area contributed by atoms with Crippen LogP contribution in [0.15, 0.2) is 25.4 Å². The summed E-state index contributed by atoms with van der Waals surface area (Å²) in [5, 5.41) is 0. The molecule has 0 atom stereocenters. The number of rotatable bonds is 3. The van der Waals surface area contributed by atoms with E-state index in [9.17, 15) is 8.78 Å². The molecule has 0 aliphatic rings. The van der Waals surface area contributed by atoms with Crippen molar-refractivity contribution >= 4 is 12.2 Å². The van der Waals surface area contributed by atoms with E-state index < -0.39 is 6.43 Å². The second-order valence-corrected chi connectivity index (χ2v) is 2.45. The van der Waals surface area contributed by atoms with Crippen LogP contribution >= 0.6 is 0 Å². The topological polar surface area (TPSA) is 12.9 Å². The third-order valence-corrected chi connectivity index (χ3v) is 1.63. The number of hydrogen-bond acceptors (Lipinski definition) is 1. The third-order valence-electron chi connectivity index (χ3n) is 1.63. The third kappa shape index (κ3) is 1.99. The van der Waals surface area contributed by atoms with E-state index in [4.69, 9.17) is 0 Å². The van der Waals surface area contributed by atoms with Crippen LogP contribution in [0.25, 0.3) is 12.2 Å². The fourth-order valence-corrected chi connectivity index (χ4v) is 0.966. The summed E-state index contributed by atoms with van der Waals surface area (Å²) in [4.78, 5) is 3.82. The molecule has 1 aromatic rings. The Kier molecular flexibility index (Phi) is 2.90. The molecule has 68 valence electrons. The van der Waals surface area contributed by atoms with Crippen molar-refractivity contribution in [2.75, 3.05) is 0 Å². The number of halogens is 2. The highest BCUT2D eigenvalue weighted by Gasteiger charge is 2.12. The highest BCUT2D eigenvalue weighted by Crippen LogP contribution is 2.23. The van der Waals surface area contributed by atoms with Gasteiger partial charge < -0.3 is 0 Å². The van der Waals surface area contributed by atoms with E-state index in [-0.39, 0.29) is 11.3 Å². The SMILES string of the molecule is C=Cc1cnc(C=C)c(C(F)F)c1. The Labute approximate surface area is 75.4 Å². The van der Waals surface area contributed by atoms with Gasteiger partial charge >= 0.3 is 0 Å². The second-order valence-electron chi connectivity index (χ2n) is 2.45. The van der Waals surface area contributed by atoms with Crippen molar-refractivity contribution in [2.45, 2.75) is 6.43 Å². The molecule has 0 saturated carbocycles. The first-order valence-electron chi connectivity index (χ1n) is 3.72. The van der Waals surface area contributed by atoms with Gasteiger partial charge in [-0.25, -0.2) is 8.78 Å². The fourth-order valence-electron chi connectivity index (χ4n) is 0.966. The van der Waals surface area contributed by atoms with Gasteiger partial charge in [0.15, 0.2) is 0 Å². The maximum atomic E-state index is 12.4. The lowest BCUT2D eigenvalue weighted by atomic mass is 10.1. The lowest BCUT2D eigenvalue weighted by molar-refractivity contribution is 0.150. The van der Waals surface area contributed by atoms with Gasteiger partial charge in [-0.2, -0.15) is 0 Å². The van der Waals surface area contributed by atoms with Crippen LogP contribution < -0.4 is 0 Å². The Morgan fingerprint density at radius 1 is 1.31 bits per heavy atom. The van der Waals surface area contributed by atoms with Gasteiger partial charge in [-0.3, -0.25) is 4.98 Å². The molecule has 0 unspecified atom stereocenters. The zero-order valence-corrected chi connectivity index (χ0v) is 7.00. The molecular weight excluding hydrogens is 172 g/mol. The molecule has 1 rings (SSSR count). The average molecular weight is 181 g/mol. The Bertz CT molecular complexity index is 332. The number of pyridine rings is 1. The Morgan fingerprint density at radius 3 is 2.46 bits per heavy atom. The molecule has 0 aliphatic carbocycles. The van der Waals surface area contributed by atoms with Crippen molar-refractivity contribution in [3.63, 3.8) is 0 Å². The standard InChI is InChI=1S/C10H9F2N/c1-3-7-5-8(10(11)12)9(4-2)13-6-7/h3-6,10H,1-2H2. The minimum absolute atomic E-state index is 0.104. The number of nitrogens with zero attached hydrogens (tertiary/aromatic N) is 1. The lowest BCUT2D eigenvalue weighted by Gasteiger charge is -2.04. The van der Waals surface area contributed by atoms with Gasteiger partial charge in [0.1, 0.15) is 0 Å². The number of aromatic nitrogens is 1. The van der Waals surface area contributed by atoms with Crippen molar-refractivity contribution in [3.05, 3.63) is 42.2 Å². The number of hydrogen-bond donors (Lipinski definition) is 0. The summed E-state index contributed by atoms with van der Waals surface area (Å²) in [5.41, 5.74) is 0.703. The molecule has 1 nitrogen and oxygen atoms in total. The van der Waals surface area contributed by atoms with Crippen LogP contribution in [0.1, 0.15) is 23.2 Å². The maximum absolute atomic E-state index is 12.4. The fraction of sp³-hybridized carbons (Fsp3) is 0.100. The molecule has 0 aromatic carbocycles. The van der Waals surface area contributed by atoms with Crippen LogP contribution in [0.4, 0.5) is 8.78 Å². The maximum Gasteiger partial charge on any atom is 0.265 e. The van der Waals surface area contributed by atoms with Crippen LogP contribution in [0.5, 0.6) is 0 Å². The molecule has 0 amide bonds. The largest absolute Gasteiger partial charge is 0.265 e. The van der Waals surface area contributed by atoms with Crippen molar-refractivity contribution < 1.29 is 8.78 Å². The summed E-state index contributed by atoms with van der Waals surface area (Å²) in [5.74, 6) is 0. The summed E-state index contributed by atoms with van der Waals surface area (Å²) in [6, 6.07) is 1.36. The normalized spacial score (nSPS) is 10.1. The van der Waals surface area contributed by atoms with Crippen molar-refractivity contribution in [1.82, 2.24) is 4.98 Å². The summed E-state index contributed by atoms with van der Waals surface area (Å²) in [6.45, 7) is 6.88. The Morgan fingerprint density at radius 2 is 2.00 bits per heavy atom. The van der Waals surface area contributed by atoms with Crippen LogP contribution in [0.2, 0.25) is 0 Å². The summed E-state index contributed by atoms with van der Waals surface area (Å²) < 4.78 is 24.8. The molecule has 0 radical (unpaired) electrons. The molecule has 0 N–H and O–H groups in total. The van der Waals surface area contributed by atoms with Gasteiger partial charge in [0.2, 0.25) is 0 Å². The highest BCUT2D eigenvalue weighted by atomic mass is 19.3. The van der Waals surface area contributed by atoms with E-state index in [0.717, 1.165) is 0 Å². The predicted octanol–water partition coefficient (Wildman–Crippen LogP) is 3.31. The van der Waals surface area contributed by atoms with Crippen molar-refractivity contribution in [2.24, 2.45) is 0 Å². The van der Waals surface area contributed by atoms with Crippen LogP contribution in [0, 0.1) is 0 Å². The van der Waals surface area contributed by atoms with Gasteiger partial charge in [-0.15, -0.1) is 0 Å². The molecule has 0 saturated heterocycles. The van der Waals surface area contributed by atoms with E-state index in [1.807, 2.05) is 0 Å². The zero-order chi connectivity index (χ0) is 9.84. The molecule has 0 fully saturated rings. The van der Waals surface area contributed by atoms with E-state index in [1.54, 1.807) is 0 Å². The van der Waals surface area contributed by atoms with Gasteiger partial charge in [-0.1, -0.05) is 19.2 Å². The Balaban J connectivity index is 3.25. The Hall–Kier alpha value is -1.51. The van der Waals surface area contributed by atoms with Crippen LogP contribution in [0.3, 0.4) is 0 Å².